The van der Waals surface area contributed by atoms with E-state index in [1.165, 1.54) is 5.56 Å². The molecule has 0 atom stereocenters. The van der Waals surface area contributed by atoms with Crippen LogP contribution in [-0.4, -0.2) is 12.1 Å². The van der Waals surface area contributed by atoms with E-state index in [1.54, 1.807) is 7.11 Å². The summed E-state index contributed by atoms with van der Waals surface area (Å²) in [7, 11) is 1.65. The summed E-state index contributed by atoms with van der Waals surface area (Å²) < 4.78 is 5.23. The van der Waals surface area contributed by atoms with Gasteiger partial charge in [0, 0.05) is 16.3 Å². The van der Waals surface area contributed by atoms with E-state index in [-0.39, 0.29) is 0 Å². The minimum absolute atomic E-state index is 0.697. The van der Waals surface area contributed by atoms with Crippen LogP contribution in [0, 0.1) is 6.92 Å². The SMILES string of the molecule is COc1nc2ccc(C)cc2cc1CBr. The summed E-state index contributed by atoms with van der Waals surface area (Å²) in [6, 6.07) is 8.32. The summed E-state index contributed by atoms with van der Waals surface area (Å²) in [5.41, 5.74) is 3.30. The molecule has 0 saturated heterocycles. The second-order valence-corrected chi connectivity index (χ2v) is 4.05. The number of hydrogen-bond acceptors (Lipinski definition) is 2. The molecule has 15 heavy (non-hydrogen) atoms. The molecule has 0 spiro atoms. The summed E-state index contributed by atoms with van der Waals surface area (Å²) in [5.74, 6) is 0.697. The Hall–Kier alpha value is -1.09. The van der Waals surface area contributed by atoms with Gasteiger partial charge in [-0.1, -0.05) is 27.6 Å². The van der Waals surface area contributed by atoms with Crippen molar-refractivity contribution in [1.29, 1.82) is 0 Å². The summed E-state index contributed by atoms with van der Waals surface area (Å²) >= 11 is 3.43. The normalized spacial score (nSPS) is 10.6. The fourth-order valence-corrected chi connectivity index (χ4v) is 2.00. The maximum Gasteiger partial charge on any atom is 0.217 e. The van der Waals surface area contributed by atoms with Crippen LogP contribution >= 0.6 is 15.9 Å². The molecule has 2 rings (SSSR count). The van der Waals surface area contributed by atoms with Crippen LogP contribution < -0.4 is 4.74 Å². The molecular formula is C12H12BrNO. The zero-order chi connectivity index (χ0) is 10.8. The molecular weight excluding hydrogens is 254 g/mol. The van der Waals surface area contributed by atoms with E-state index in [0.717, 1.165) is 21.8 Å². The van der Waals surface area contributed by atoms with Gasteiger partial charge in [-0.2, -0.15) is 0 Å². The van der Waals surface area contributed by atoms with Crippen molar-refractivity contribution in [3.05, 3.63) is 35.4 Å². The van der Waals surface area contributed by atoms with Gasteiger partial charge in [0.2, 0.25) is 5.88 Å². The summed E-state index contributed by atoms with van der Waals surface area (Å²) in [4.78, 5) is 4.45. The minimum atomic E-state index is 0.697. The lowest BCUT2D eigenvalue weighted by Crippen LogP contribution is -1.94. The van der Waals surface area contributed by atoms with Crippen LogP contribution in [0.5, 0.6) is 5.88 Å². The predicted octanol–water partition coefficient (Wildman–Crippen LogP) is 3.45. The van der Waals surface area contributed by atoms with Crippen LogP contribution in [0.4, 0.5) is 0 Å². The largest absolute Gasteiger partial charge is 0.481 e. The van der Waals surface area contributed by atoms with Gasteiger partial charge in [-0.05, 0) is 25.1 Å². The van der Waals surface area contributed by atoms with Gasteiger partial charge in [0.05, 0.1) is 12.6 Å². The quantitative estimate of drug-likeness (QED) is 0.777. The number of aryl methyl sites for hydroxylation is 1. The van der Waals surface area contributed by atoms with Crippen molar-refractivity contribution in [1.82, 2.24) is 4.98 Å². The molecule has 78 valence electrons. The van der Waals surface area contributed by atoms with Crippen LogP contribution in [0.15, 0.2) is 24.3 Å². The Labute approximate surface area is 97.4 Å². The first-order chi connectivity index (χ1) is 7.24. The Morgan fingerprint density at radius 2 is 2.13 bits per heavy atom. The van der Waals surface area contributed by atoms with E-state index < -0.39 is 0 Å². The molecule has 0 bridgehead atoms. The lowest BCUT2D eigenvalue weighted by atomic mass is 10.1. The number of rotatable bonds is 2. The van der Waals surface area contributed by atoms with E-state index >= 15 is 0 Å². The number of fused-ring (bicyclic) bond motifs is 1. The zero-order valence-corrected chi connectivity index (χ0v) is 10.3. The highest BCUT2D eigenvalue weighted by molar-refractivity contribution is 9.08. The predicted molar refractivity (Wildman–Crippen MR) is 65.7 cm³/mol. The number of halogens is 1. The molecule has 2 aromatic rings. The number of pyridine rings is 1. The lowest BCUT2D eigenvalue weighted by Gasteiger charge is -2.07. The highest BCUT2D eigenvalue weighted by atomic mass is 79.9. The van der Waals surface area contributed by atoms with Crippen LogP contribution in [0.25, 0.3) is 10.9 Å². The Kier molecular flexibility index (Phi) is 2.91. The third-order valence-electron chi connectivity index (χ3n) is 2.35. The summed E-state index contributed by atoms with van der Waals surface area (Å²) in [6.45, 7) is 2.08. The first-order valence-electron chi connectivity index (χ1n) is 4.75. The number of aromatic nitrogens is 1. The molecule has 0 aliphatic rings. The summed E-state index contributed by atoms with van der Waals surface area (Å²) in [5, 5.41) is 1.91. The average molecular weight is 266 g/mol. The van der Waals surface area contributed by atoms with Gasteiger partial charge >= 0.3 is 0 Å². The maximum absolute atomic E-state index is 5.23. The second kappa shape index (κ2) is 4.19. The van der Waals surface area contributed by atoms with Crippen molar-refractivity contribution in [2.45, 2.75) is 12.3 Å². The standard InChI is InChI=1S/C12H12BrNO/c1-8-3-4-11-9(5-8)6-10(7-13)12(14-11)15-2/h3-6H,7H2,1-2H3. The molecule has 1 heterocycles. The number of alkyl halides is 1. The topological polar surface area (TPSA) is 22.1 Å². The van der Waals surface area contributed by atoms with Crippen LogP contribution in [0.3, 0.4) is 0 Å². The highest BCUT2D eigenvalue weighted by Gasteiger charge is 2.05. The Bertz CT molecular complexity index is 496. The number of hydrogen-bond donors (Lipinski definition) is 0. The minimum Gasteiger partial charge on any atom is -0.481 e. The lowest BCUT2D eigenvalue weighted by molar-refractivity contribution is 0.396. The van der Waals surface area contributed by atoms with Crippen molar-refractivity contribution in [2.24, 2.45) is 0 Å². The molecule has 0 aliphatic carbocycles. The van der Waals surface area contributed by atoms with Crippen LogP contribution in [0.1, 0.15) is 11.1 Å². The van der Waals surface area contributed by atoms with Gasteiger partial charge in [0.15, 0.2) is 0 Å². The molecule has 1 aromatic heterocycles. The molecule has 2 nitrogen and oxygen atoms in total. The van der Waals surface area contributed by atoms with Crippen molar-refractivity contribution >= 4 is 26.8 Å². The van der Waals surface area contributed by atoms with Gasteiger partial charge in [0.1, 0.15) is 0 Å². The molecule has 0 unspecified atom stereocenters. The molecule has 0 radical (unpaired) electrons. The van der Waals surface area contributed by atoms with Gasteiger partial charge in [0.25, 0.3) is 0 Å². The van der Waals surface area contributed by atoms with Crippen molar-refractivity contribution in [3.8, 4) is 5.88 Å². The van der Waals surface area contributed by atoms with Crippen molar-refractivity contribution in [3.63, 3.8) is 0 Å². The number of benzene rings is 1. The van der Waals surface area contributed by atoms with Crippen molar-refractivity contribution in [2.75, 3.05) is 7.11 Å². The smallest absolute Gasteiger partial charge is 0.217 e. The van der Waals surface area contributed by atoms with E-state index in [1.807, 2.05) is 6.07 Å². The molecule has 1 aromatic carbocycles. The van der Waals surface area contributed by atoms with Gasteiger partial charge in [-0.3, -0.25) is 0 Å². The molecule has 0 fully saturated rings. The Morgan fingerprint density at radius 3 is 2.80 bits per heavy atom. The fourth-order valence-electron chi connectivity index (χ4n) is 1.59. The number of methoxy groups -OCH3 is 1. The highest BCUT2D eigenvalue weighted by Crippen LogP contribution is 2.24. The van der Waals surface area contributed by atoms with E-state index in [0.29, 0.717) is 5.88 Å². The third kappa shape index (κ3) is 1.97. The molecule has 0 N–H and O–H groups in total. The summed E-state index contributed by atoms with van der Waals surface area (Å²) in [6.07, 6.45) is 0. The fraction of sp³-hybridized carbons (Fsp3) is 0.250. The van der Waals surface area contributed by atoms with Gasteiger partial charge < -0.3 is 4.74 Å². The molecule has 0 saturated carbocycles. The van der Waals surface area contributed by atoms with Gasteiger partial charge in [-0.25, -0.2) is 4.98 Å². The Balaban J connectivity index is 2.69. The molecule has 3 heteroatoms. The monoisotopic (exact) mass is 265 g/mol. The van der Waals surface area contributed by atoms with Crippen LogP contribution in [0.2, 0.25) is 0 Å². The number of ether oxygens (including phenoxy) is 1. The second-order valence-electron chi connectivity index (χ2n) is 3.49. The molecule has 0 amide bonds. The van der Waals surface area contributed by atoms with E-state index in [4.69, 9.17) is 4.74 Å². The van der Waals surface area contributed by atoms with E-state index in [2.05, 4.69) is 46.0 Å². The average Bonchev–Trinajstić information content (AvgIpc) is 2.27. The van der Waals surface area contributed by atoms with Crippen LogP contribution in [-0.2, 0) is 5.33 Å². The number of nitrogens with zero attached hydrogens (tertiary/aromatic N) is 1. The van der Waals surface area contributed by atoms with Gasteiger partial charge in [-0.15, -0.1) is 0 Å². The first kappa shape index (κ1) is 10.4. The zero-order valence-electron chi connectivity index (χ0n) is 8.75. The maximum atomic E-state index is 5.23. The van der Waals surface area contributed by atoms with Crippen molar-refractivity contribution < 1.29 is 4.74 Å². The van der Waals surface area contributed by atoms with E-state index in [9.17, 15) is 0 Å². The third-order valence-corrected chi connectivity index (χ3v) is 2.95. The Morgan fingerprint density at radius 1 is 1.33 bits per heavy atom. The molecule has 0 aliphatic heterocycles. The first-order valence-corrected chi connectivity index (χ1v) is 5.87.